The van der Waals surface area contributed by atoms with Crippen LogP contribution in [0, 0.1) is 0 Å². The summed E-state index contributed by atoms with van der Waals surface area (Å²) >= 11 is 2.99. The van der Waals surface area contributed by atoms with Crippen molar-refractivity contribution in [3.63, 3.8) is 0 Å². The normalized spacial score (nSPS) is 10.5. The molecule has 0 atom stereocenters. The number of hydrogen-bond donors (Lipinski definition) is 0. The van der Waals surface area contributed by atoms with E-state index in [1.54, 1.807) is 28.4 Å². The van der Waals surface area contributed by atoms with Gasteiger partial charge in [-0.3, -0.25) is 9.36 Å². The molecule has 0 saturated carbocycles. The maximum atomic E-state index is 12.5. The molecule has 7 heteroatoms. The first-order valence-corrected chi connectivity index (χ1v) is 10.3. The Hall–Kier alpha value is -2.64. The van der Waals surface area contributed by atoms with Gasteiger partial charge in [0, 0.05) is 18.8 Å². The molecule has 0 radical (unpaired) electrons. The smallest absolute Gasteiger partial charge is 0.233 e. The molecule has 0 unspecified atom stereocenters. The number of carbonyl (C=O) groups is 1. The number of rotatable bonds is 9. The molecule has 3 aromatic rings. The van der Waals surface area contributed by atoms with Crippen LogP contribution in [-0.4, -0.2) is 44.4 Å². The van der Waals surface area contributed by atoms with Crippen LogP contribution < -0.4 is 0 Å². The first kappa shape index (κ1) is 19.1. The first-order chi connectivity index (χ1) is 13.2. The molecule has 5 nitrogen and oxygen atoms in total. The van der Waals surface area contributed by atoms with Crippen LogP contribution in [0.2, 0.25) is 0 Å². The van der Waals surface area contributed by atoms with Gasteiger partial charge >= 0.3 is 0 Å². The summed E-state index contributed by atoms with van der Waals surface area (Å²) in [6.45, 7) is 8.41. The zero-order valence-corrected chi connectivity index (χ0v) is 16.5. The van der Waals surface area contributed by atoms with Gasteiger partial charge in [-0.1, -0.05) is 48.2 Å². The minimum Gasteiger partial charge on any atom is -0.335 e. The van der Waals surface area contributed by atoms with E-state index in [4.69, 9.17) is 0 Å². The largest absolute Gasteiger partial charge is 0.335 e. The summed E-state index contributed by atoms with van der Waals surface area (Å²) in [4.78, 5) is 15.3. The van der Waals surface area contributed by atoms with Crippen molar-refractivity contribution in [2.24, 2.45) is 0 Å². The van der Waals surface area contributed by atoms with Crippen molar-refractivity contribution in [1.82, 2.24) is 19.7 Å². The lowest BCUT2D eigenvalue weighted by Crippen LogP contribution is -2.32. The van der Waals surface area contributed by atoms with Crippen LogP contribution in [0.3, 0.4) is 0 Å². The lowest BCUT2D eigenvalue weighted by Gasteiger charge is -2.18. The van der Waals surface area contributed by atoms with Crippen LogP contribution in [0.1, 0.15) is 0 Å². The minimum atomic E-state index is 0.0140. The van der Waals surface area contributed by atoms with Crippen LogP contribution in [-0.2, 0) is 4.79 Å². The van der Waals surface area contributed by atoms with E-state index >= 15 is 0 Å². The fraction of sp³-hybridized carbons (Fsp3) is 0.150. The molecule has 3 rings (SSSR count). The van der Waals surface area contributed by atoms with Crippen molar-refractivity contribution >= 4 is 29.0 Å². The van der Waals surface area contributed by atoms with Crippen LogP contribution in [0.15, 0.2) is 78.3 Å². The highest BCUT2D eigenvalue weighted by Gasteiger charge is 2.19. The maximum Gasteiger partial charge on any atom is 0.233 e. The van der Waals surface area contributed by atoms with E-state index in [1.165, 1.54) is 11.8 Å². The van der Waals surface area contributed by atoms with E-state index in [1.807, 2.05) is 52.4 Å². The van der Waals surface area contributed by atoms with Gasteiger partial charge in [0.25, 0.3) is 0 Å². The molecule has 0 saturated heterocycles. The molecule has 0 fully saturated rings. The van der Waals surface area contributed by atoms with Gasteiger partial charge in [0.1, 0.15) is 0 Å². The van der Waals surface area contributed by atoms with E-state index in [9.17, 15) is 4.79 Å². The molecule has 1 aromatic carbocycles. The van der Waals surface area contributed by atoms with Crippen molar-refractivity contribution in [1.29, 1.82) is 0 Å². The number of benzene rings is 1. The lowest BCUT2D eigenvalue weighted by atomic mass is 10.3. The molecule has 138 valence electrons. The van der Waals surface area contributed by atoms with Gasteiger partial charge in [-0.2, -0.15) is 0 Å². The number of thiophene rings is 1. The van der Waals surface area contributed by atoms with E-state index in [0.717, 1.165) is 16.4 Å². The molecule has 0 aliphatic rings. The van der Waals surface area contributed by atoms with Crippen molar-refractivity contribution in [2.45, 2.75) is 5.16 Å². The lowest BCUT2D eigenvalue weighted by molar-refractivity contribution is -0.127. The topological polar surface area (TPSA) is 51.0 Å². The number of aromatic nitrogens is 3. The second-order valence-electron chi connectivity index (χ2n) is 5.62. The number of nitrogens with zero attached hydrogens (tertiary/aromatic N) is 4. The molecule has 0 aliphatic heterocycles. The molecule has 0 bridgehead atoms. The van der Waals surface area contributed by atoms with E-state index in [0.29, 0.717) is 18.2 Å². The molecule has 2 heterocycles. The van der Waals surface area contributed by atoms with Gasteiger partial charge in [0.2, 0.25) is 5.91 Å². The quantitative estimate of drug-likeness (QED) is 0.400. The zero-order valence-electron chi connectivity index (χ0n) is 14.8. The molecular weight excluding hydrogens is 376 g/mol. The van der Waals surface area contributed by atoms with Crippen LogP contribution in [0.5, 0.6) is 0 Å². The predicted octanol–water partition coefficient (Wildman–Crippen LogP) is 4.29. The fourth-order valence-electron chi connectivity index (χ4n) is 2.55. The van der Waals surface area contributed by atoms with Gasteiger partial charge in [0.15, 0.2) is 11.0 Å². The molecule has 0 aliphatic carbocycles. The van der Waals surface area contributed by atoms with Crippen LogP contribution >= 0.6 is 23.1 Å². The summed E-state index contributed by atoms with van der Waals surface area (Å²) in [6, 6.07) is 13.9. The molecule has 1 amide bonds. The second kappa shape index (κ2) is 9.34. The van der Waals surface area contributed by atoms with E-state index in [2.05, 4.69) is 23.4 Å². The molecule has 0 N–H and O–H groups in total. The summed E-state index contributed by atoms with van der Waals surface area (Å²) in [5, 5.41) is 11.4. The van der Waals surface area contributed by atoms with Crippen LogP contribution in [0.4, 0.5) is 0 Å². The van der Waals surface area contributed by atoms with Crippen molar-refractivity contribution < 1.29 is 4.79 Å². The molecular formula is C20H20N4OS2. The highest BCUT2D eigenvalue weighted by molar-refractivity contribution is 7.99. The first-order valence-electron chi connectivity index (χ1n) is 8.41. The third-order valence-electron chi connectivity index (χ3n) is 3.77. The monoisotopic (exact) mass is 396 g/mol. The third-order valence-corrected chi connectivity index (χ3v) is 5.55. The van der Waals surface area contributed by atoms with Gasteiger partial charge in [-0.15, -0.1) is 34.7 Å². The second-order valence-corrected chi connectivity index (χ2v) is 7.51. The zero-order chi connectivity index (χ0) is 19.1. The summed E-state index contributed by atoms with van der Waals surface area (Å²) < 4.78 is 2.00. The highest BCUT2D eigenvalue weighted by Crippen LogP contribution is 2.30. The van der Waals surface area contributed by atoms with Crippen molar-refractivity contribution in [2.75, 3.05) is 18.8 Å². The number of hydrogen-bond acceptors (Lipinski definition) is 5. The highest BCUT2D eigenvalue weighted by atomic mass is 32.2. The number of carbonyl (C=O) groups excluding carboxylic acids is 1. The Morgan fingerprint density at radius 3 is 2.48 bits per heavy atom. The third kappa shape index (κ3) is 4.56. The standard InChI is InChI=1S/C20H20N4OS2/c1-3-12-23(13-4-2)18(25)15-27-20-22-21-19(17-11-8-14-26-17)24(20)16-9-6-5-7-10-16/h3-11,14H,1-2,12-13,15H2. The molecule has 27 heavy (non-hydrogen) atoms. The Morgan fingerprint density at radius 1 is 1.11 bits per heavy atom. The molecule has 2 aromatic heterocycles. The Kier molecular flexibility index (Phi) is 6.62. The summed E-state index contributed by atoms with van der Waals surface area (Å²) in [7, 11) is 0. The van der Waals surface area contributed by atoms with Crippen LogP contribution in [0.25, 0.3) is 16.4 Å². The Bertz CT molecular complexity index is 893. The molecule has 0 spiro atoms. The summed E-state index contributed by atoms with van der Waals surface area (Å²) in [5.74, 6) is 1.07. The van der Waals surface area contributed by atoms with Crippen molar-refractivity contribution in [3.05, 3.63) is 73.2 Å². The van der Waals surface area contributed by atoms with Gasteiger partial charge in [-0.05, 0) is 23.6 Å². The predicted molar refractivity (Wildman–Crippen MR) is 112 cm³/mol. The van der Waals surface area contributed by atoms with E-state index < -0.39 is 0 Å². The minimum absolute atomic E-state index is 0.0140. The summed E-state index contributed by atoms with van der Waals surface area (Å²) in [5.41, 5.74) is 0.967. The average Bonchev–Trinajstić information content (AvgIpc) is 3.36. The summed E-state index contributed by atoms with van der Waals surface area (Å²) in [6.07, 6.45) is 3.43. The number of para-hydroxylation sites is 1. The fourth-order valence-corrected chi connectivity index (χ4v) is 4.10. The Labute approximate surface area is 167 Å². The van der Waals surface area contributed by atoms with Gasteiger partial charge in [0.05, 0.1) is 10.6 Å². The number of thioether (sulfide) groups is 1. The Balaban J connectivity index is 1.86. The van der Waals surface area contributed by atoms with E-state index in [-0.39, 0.29) is 11.7 Å². The average molecular weight is 397 g/mol. The number of amides is 1. The Morgan fingerprint density at radius 2 is 1.85 bits per heavy atom. The SMILES string of the molecule is C=CCN(CC=C)C(=O)CSc1nnc(-c2cccs2)n1-c1ccccc1. The maximum absolute atomic E-state index is 12.5. The van der Waals surface area contributed by atoms with Gasteiger partial charge in [-0.25, -0.2) is 0 Å². The van der Waals surface area contributed by atoms with Gasteiger partial charge < -0.3 is 4.90 Å². The van der Waals surface area contributed by atoms with Crippen molar-refractivity contribution in [3.8, 4) is 16.4 Å².